The Morgan fingerprint density at radius 2 is 2.22 bits per heavy atom. The second kappa shape index (κ2) is 5.83. The van der Waals surface area contributed by atoms with Gasteiger partial charge < -0.3 is 5.73 Å². The van der Waals surface area contributed by atoms with Crippen molar-refractivity contribution in [2.24, 2.45) is 10.8 Å². The first-order valence-electron chi connectivity index (χ1n) is 5.53. The minimum Gasteiger partial charge on any atom is -0.330 e. The van der Waals surface area contributed by atoms with E-state index in [2.05, 4.69) is 20.5 Å². The van der Waals surface area contributed by atoms with Gasteiger partial charge in [0.15, 0.2) is 0 Å². The highest BCUT2D eigenvalue weighted by Crippen LogP contribution is 2.11. The standard InChI is InChI=1S/C12H13N5O/c13-5-4-11(18)17-16-8-9-2-1-3-10-12(9)15-7-6-14-10/h1-3,6-8H,4-5,13H2,(H,17,18)/b16-8-. The Hall–Kier alpha value is -2.34. The lowest BCUT2D eigenvalue weighted by Gasteiger charge is -2.00. The van der Waals surface area contributed by atoms with E-state index in [0.29, 0.717) is 6.54 Å². The van der Waals surface area contributed by atoms with Crippen LogP contribution in [0, 0.1) is 0 Å². The van der Waals surface area contributed by atoms with Crippen molar-refractivity contribution in [3.8, 4) is 0 Å². The van der Waals surface area contributed by atoms with Crippen molar-refractivity contribution in [1.29, 1.82) is 0 Å². The quantitative estimate of drug-likeness (QED) is 0.601. The third-order valence-electron chi connectivity index (χ3n) is 2.29. The van der Waals surface area contributed by atoms with Crippen LogP contribution in [0.15, 0.2) is 35.7 Å². The van der Waals surface area contributed by atoms with Crippen molar-refractivity contribution >= 4 is 23.2 Å². The summed E-state index contributed by atoms with van der Waals surface area (Å²) in [5.74, 6) is -0.208. The summed E-state index contributed by atoms with van der Waals surface area (Å²) in [6, 6.07) is 5.59. The molecule has 18 heavy (non-hydrogen) atoms. The summed E-state index contributed by atoms with van der Waals surface area (Å²) in [6.07, 6.45) is 5.05. The van der Waals surface area contributed by atoms with Crippen LogP contribution in [0.25, 0.3) is 11.0 Å². The fourth-order valence-electron chi connectivity index (χ4n) is 1.48. The normalized spacial score (nSPS) is 10.9. The summed E-state index contributed by atoms with van der Waals surface area (Å²) in [7, 11) is 0. The fraction of sp³-hybridized carbons (Fsp3) is 0.167. The fourth-order valence-corrected chi connectivity index (χ4v) is 1.48. The molecule has 1 amide bonds. The zero-order valence-electron chi connectivity index (χ0n) is 9.71. The van der Waals surface area contributed by atoms with Gasteiger partial charge in [0.2, 0.25) is 5.91 Å². The Labute approximate surface area is 104 Å². The smallest absolute Gasteiger partial charge is 0.241 e. The molecule has 0 atom stereocenters. The molecule has 6 nitrogen and oxygen atoms in total. The molecule has 2 aromatic rings. The van der Waals surface area contributed by atoms with Crippen LogP contribution in [0.5, 0.6) is 0 Å². The van der Waals surface area contributed by atoms with E-state index >= 15 is 0 Å². The number of aromatic nitrogens is 2. The summed E-state index contributed by atoms with van der Waals surface area (Å²) >= 11 is 0. The van der Waals surface area contributed by atoms with Crippen LogP contribution >= 0.6 is 0 Å². The maximum Gasteiger partial charge on any atom is 0.241 e. The molecule has 2 rings (SSSR count). The van der Waals surface area contributed by atoms with Crippen molar-refractivity contribution in [3.63, 3.8) is 0 Å². The maximum absolute atomic E-state index is 11.2. The van der Waals surface area contributed by atoms with E-state index in [1.54, 1.807) is 18.6 Å². The molecule has 0 saturated heterocycles. The van der Waals surface area contributed by atoms with Crippen molar-refractivity contribution in [1.82, 2.24) is 15.4 Å². The van der Waals surface area contributed by atoms with Crippen LogP contribution in [-0.4, -0.2) is 28.6 Å². The van der Waals surface area contributed by atoms with Crippen LogP contribution in [0.1, 0.15) is 12.0 Å². The van der Waals surface area contributed by atoms with Gasteiger partial charge in [0.25, 0.3) is 0 Å². The summed E-state index contributed by atoms with van der Waals surface area (Å²) < 4.78 is 0. The van der Waals surface area contributed by atoms with Crippen LogP contribution in [0.2, 0.25) is 0 Å². The number of hydrogen-bond acceptors (Lipinski definition) is 5. The molecule has 1 aromatic heterocycles. The summed E-state index contributed by atoms with van der Waals surface area (Å²) in [6.45, 7) is 0.307. The molecule has 0 aliphatic heterocycles. The lowest BCUT2D eigenvalue weighted by atomic mass is 10.2. The molecule has 6 heteroatoms. The van der Waals surface area contributed by atoms with E-state index in [1.165, 1.54) is 0 Å². The Bertz CT molecular complexity index is 576. The molecule has 0 aliphatic rings. The molecule has 0 aliphatic carbocycles. The van der Waals surface area contributed by atoms with Gasteiger partial charge in [-0.25, -0.2) is 5.43 Å². The number of benzene rings is 1. The van der Waals surface area contributed by atoms with Crippen LogP contribution in [0.4, 0.5) is 0 Å². The number of para-hydroxylation sites is 1. The van der Waals surface area contributed by atoms with E-state index < -0.39 is 0 Å². The van der Waals surface area contributed by atoms with Crippen LogP contribution in [0.3, 0.4) is 0 Å². The van der Waals surface area contributed by atoms with E-state index in [-0.39, 0.29) is 12.3 Å². The SMILES string of the molecule is NCCC(=O)N/N=C\c1cccc2nccnc12. The molecule has 0 bridgehead atoms. The number of nitrogens with zero attached hydrogens (tertiary/aromatic N) is 3. The molecule has 0 spiro atoms. The van der Waals surface area contributed by atoms with Crippen molar-refractivity contribution in [3.05, 3.63) is 36.2 Å². The monoisotopic (exact) mass is 243 g/mol. The third kappa shape index (κ3) is 2.86. The lowest BCUT2D eigenvalue weighted by Crippen LogP contribution is -2.20. The largest absolute Gasteiger partial charge is 0.330 e. The molecule has 0 fully saturated rings. The van der Waals surface area contributed by atoms with Crippen molar-refractivity contribution in [2.75, 3.05) is 6.54 Å². The second-order valence-corrected chi connectivity index (χ2v) is 3.60. The minimum atomic E-state index is -0.208. The Kier molecular flexibility index (Phi) is 3.93. The van der Waals surface area contributed by atoms with E-state index in [1.807, 2.05) is 18.2 Å². The predicted molar refractivity (Wildman–Crippen MR) is 68.9 cm³/mol. The van der Waals surface area contributed by atoms with E-state index in [4.69, 9.17) is 5.73 Å². The van der Waals surface area contributed by atoms with Gasteiger partial charge in [0, 0.05) is 30.9 Å². The Morgan fingerprint density at radius 1 is 1.39 bits per heavy atom. The van der Waals surface area contributed by atoms with Gasteiger partial charge >= 0.3 is 0 Å². The molecule has 3 N–H and O–H groups in total. The highest BCUT2D eigenvalue weighted by molar-refractivity contribution is 5.96. The van der Waals surface area contributed by atoms with Gasteiger partial charge in [-0.15, -0.1) is 0 Å². The number of nitrogens with two attached hydrogens (primary N) is 1. The lowest BCUT2D eigenvalue weighted by molar-refractivity contribution is -0.120. The summed E-state index contributed by atoms with van der Waals surface area (Å²) in [5, 5.41) is 3.86. The summed E-state index contributed by atoms with van der Waals surface area (Å²) in [5.41, 5.74) is 9.99. The van der Waals surface area contributed by atoms with Crippen LogP contribution < -0.4 is 11.2 Å². The molecule has 1 heterocycles. The van der Waals surface area contributed by atoms with Gasteiger partial charge in [-0.2, -0.15) is 5.10 Å². The predicted octanol–water partition coefficient (Wildman–Crippen LogP) is 0.429. The Balaban J connectivity index is 2.16. The zero-order chi connectivity index (χ0) is 12.8. The first-order valence-corrected chi connectivity index (χ1v) is 5.53. The third-order valence-corrected chi connectivity index (χ3v) is 2.29. The number of carbonyl (C=O) groups excluding carboxylic acids is 1. The summed E-state index contributed by atoms with van der Waals surface area (Å²) in [4.78, 5) is 19.6. The highest BCUT2D eigenvalue weighted by atomic mass is 16.2. The van der Waals surface area contributed by atoms with Crippen molar-refractivity contribution in [2.45, 2.75) is 6.42 Å². The number of nitrogens with one attached hydrogen (secondary N) is 1. The number of amides is 1. The van der Waals surface area contributed by atoms with Gasteiger partial charge in [-0.05, 0) is 6.07 Å². The minimum absolute atomic E-state index is 0.208. The van der Waals surface area contributed by atoms with Crippen molar-refractivity contribution < 1.29 is 4.79 Å². The average Bonchev–Trinajstić information content (AvgIpc) is 2.39. The maximum atomic E-state index is 11.2. The molecule has 92 valence electrons. The van der Waals surface area contributed by atoms with Crippen LogP contribution in [-0.2, 0) is 4.79 Å². The first kappa shape index (κ1) is 12.1. The first-order chi connectivity index (χ1) is 8.81. The van der Waals surface area contributed by atoms with Gasteiger partial charge in [-0.3, -0.25) is 14.8 Å². The number of fused-ring (bicyclic) bond motifs is 1. The average molecular weight is 243 g/mol. The number of carbonyl (C=O) groups is 1. The van der Waals surface area contributed by atoms with Gasteiger partial charge in [-0.1, -0.05) is 12.1 Å². The molecule has 0 radical (unpaired) electrons. The zero-order valence-corrected chi connectivity index (χ0v) is 9.71. The number of hydrogen-bond donors (Lipinski definition) is 2. The number of rotatable bonds is 4. The molecular formula is C12H13N5O. The van der Waals surface area contributed by atoms with Gasteiger partial charge in [0.1, 0.15) is 0 Å². The number of hydrazone groups is 1. The second-order valence-electron chi connectivity index (χ2n) is 3.60. The topological polar surface area (TPSA) is 93.3 Å². The molecule has 0 saturated carbocycles. The molecule has 1 aromatic carbocycles. The molecule has 0 unspecified atom stereocenters. The Morgan fingerprint density at radius 3 is 3.06 bits per heavy atom. The van der Waals surface area contributed by atoms with Gasteiger partial charge in [0.05, 0.1) is 17.2 Å². The molecular weight excluding hydrogens is 230 g/mol. The van der Waals surface area contributed by atoms with E-state index in [0.717, 1.165) is 16.6 Å². The highest BCUT2D eigenvalue weighted by Gasteiger charge is 2.00. The van der Waals surface area contributed by atoms with E-state index in [9.17, 15) is 4.79 Å².